The van der Waals surface area contributed by atoms with Gasteiger partial charge in [0.25, 0.3) is 5.91 Å². The van der Waals surface area contributed by atoms with Crippen molar-refractivity contribution >= 4 is 34.9 Å². The molecule has 10 heteroatoms. The van der Waals surface area contributed by atoms with Crippen LogP contribution in [0, 0.1) is 0 Å². The molecule has 0 unspecified atom stereocenters. The summed E-state index contributed by atoms with van der Waals surface area (Å²) >= 11 is 12.4. The number of carbonyl (C=O) groups excluding carboxylic acids is 1. The topological polar surface area (TPSA) is 50.2 Å². The van der Waals surface area contributed by atoms with E-state index in [4.69, 9.17) is 23.2 Å². The predicted molar refractivity (Wildman–Crippen MR) is 122 cm³/mol. The van der Waals surface area contributed by atoms with Crippen LogP contribution in [-0.4, -0.2) is 34.8 Å². The predicted octanol–water partition coefficient (Wildman–Crippen LogP) is 5.54. The maximum atomic E-state index is 13.8. The highest BCUT2D eigenvalue weighted by Gasteiger charge is 2.41. The Labute approximate surface area is 199 Å². The minimum absolute atomic E-state index is 0.156. The Morgan fingerprint density at radius 2 is 1.85 bits per heavy atom. The number of anilines is 1. The molecule has 1 amide bonds. The van der Waals surface area contributed by atoms with Crippen molar-refractivity contribution in [1.82, 2.24) is 15.1 Å². The monoisotopic (exact) mass is 496 g/mol. The van der Waals surface area contributed by atoms with Crippen LogP contribution >= 0.6 is 23.2 Å². The summed E-state index contributed by atoms with van der Waals surface area (Å²) in [6.45, 7) is 1.07. The Bertz CT molecular complexity index is 1130. The third kappa shape index (κ3) is 4.74. The number of piperidine rings is 1. The van der Waals surface area contributed by atoms with Gasteiger partial charge >= 0.3 is 6.18 Å². The highest BCUT2D eigenvalue weighted by atomic mass is 35.5. The summed E-state index contributed by atoms with van der Waals surface area (Å²) in [6, 6.07) is 11.5. The van der Waals surface area contributed by atoms with Crippen LogP contribution in [-0.2, 0) is 13.2 Å². The van der Waals surface area contributed by atoms with Crippen LogP contribution in [0.15, 0.2) is 54.7 Å². The SMILES string of the molecule is Cn1ncc(Cl)c1N(C(=O)c1ccccc1C(F)(F)F)[C@@H]1CNCC[C@H]1c1ccc(Cl)cc1. The molecule has 1 fully saturated rings. The molecule has 1 N–H and O–H groups in total. The summed E-state index contributed by atoms with van der Waals surface area (Å²) in [5.74, 6) is -0.705. The Kier molecular flexibility index (Phi) is 6.70. The van der Waals surface area contributed by atoms with Crippen LogP contribution in [0.3, 0.4) is 0 Å². The van der Waals surface area contributed by atoms with Crippen molar-refractivity contribution < 1.29 is 18.0 Å². The number of halogens is 5. The van der Waals surface area contributed by atoms with Crippen LogP contribution < -0.4 is 10.2 Å². The zero-order valence-corrected chi connectivity index (χ0v) is 19.1. The van der Waals surface area contributed by atoms with Crippen molar-refractivity contribution in [3.05, 3.63) is 81.5 Å². The van der Waals surface area contributed by atoms with Crippen LogP contribution in [0.25, 0.3) is 0 Å². The molecule has 1 aromatic heterocycles. The van der Waals surface area contributed by atoms with Gasteiger partial charge in [-0.05, 0) is 42.8 Å². The Morgan fingerprint density at radius 3 is 2.48 bits per heavy atom. The van der Waals surface area contributed by atoms with Gasteiger partial charge in [-0.3, -0.25) is 14.4 Å². The van der Waals surface area contributed by atoms with Crippen molar-refractivity contribution in [3.8, 4) is 0 Å². The van der Waals surface area contributed by atoms with Crippen molar-refractivity contribution in [1.29, 1.82) is 0 Å². The number of carbonyl (C=O) groups is 1. The second-order valence-corrected chi connectivity index (χ2v) is 8.72. The second kappa shape index (κ2) is 9.37. The van der Waals surface area contributed by atoms with E-state index in [-0.39, 0.29) is 16.8 Å². The van der Waals surface area contributed by atoms with Gasteiger partial charge in [-0.25, -0.2) is 0 Å². The Balaban J connectivity index is 1.86. The number of benzene rings is 2. The van der Waals surface area contributed by atoms with Gasteiger partial charge in [0.2, 0.25) is 0 Å². The van der Waals surface area contributed by atoms with Crippen LogP contribution in [0.2, 0.25) is 10.0 Å². The number of aromatic nitrogens is 2. The lowest BCUT2D eigenvalue weighted by atomic mass is 9.84. The quantitative estimate of drug-likeness (QED) is 0.515. The van der Waals surface area contributed by atoms with E-state index in [9.17, 15) is 18.0 Å². The molecule has 33 heavy (non-hydrogen) atoms. The number of hydrogen-bond acceptors (Lipinski definition) is 3. The second-order valence-electron chi connectivity index (χ2n) is 7.88. The molecule has 0 bridgehead atoms. The van der Waals surface area contributed by atoms with Crippen molar-refractivity contribution in [2.45, 2.75) is 24.6 Å². The standard InChI is InChI=1S/C23H21Cl2F3N4O/c1-31-21(19(25)12-30-31)32(22(33)17-4-2-3-5-18(17)23(26,27)28)20-13-29-11-10-16(20)14-6-8-15(24)9-7-14/h2-9,12,16,20,29H,10-11,13H2,1H3/t16-,20+/m0/s1. The van der Waals surface area contributed by atoms with Gasteiger partial charge in [0.15, 0.2) is 5.82 Å². The molecule has 0 aliphatic carbocycles. The molecule has 2 heterocycles. The minimum atomic E-state index is -4.69. The lowest BCUT2D eigenvalue weighted by molar-refractivity contribution is -0.137. The number of alkyl halides is 3. The van der Waals surface area contributed by atoms with Gasteiger partial charge in [-0.2, -0.15) is 18.3 Å². The zero-order chi connectivity index (χ0) is 23.8. The van der Waals surface area contributed by atoms with Crippen LogP contribution in [0.4, 0.5) is 19.0 Å². The summed E-state index contributed by atoms with van der Waals surface area (Å²) in [4.78, 5) is 15.2. The van der Waals surface area contributed by atoms with E-state index < -0.39 is 29.3 Å². The first-order valence-electron chi connectivity index (χ1n) is 10.3. The fourth-order valence-electron chi connectivity index (χ4n) is 4.34. The summed E-state index contributed by atoms with van der Waals surface area (Å²) in [6.07, 6.45) is -2.64. The molecular weight excluding hydrogens is 476 g/mol. The smallest absolute Gasteiger partial charge is 0.315 e. The van der Waals surface area contributed by atoms with E-state index in [1.165, 1.54) is 34.0 Å². The zero-order valence-electron chi connectivity index (χ0n) is 17.6. The summed E-state index contributed by atoms with van der Waals surface area (Å²) in [5.41, 5.74) is -0.501. The number of nitrogens with one attached hydrogen (secondary N) is 1. The maximum absolute atomic E-state index is 13.8. The first kappa shape index (κ1) is 23.6. The molecule has 5 nitrogen and oxygen atoms in total. The molecule has 0 saturated carbocycles. The highest BCUT2D eigenvalue weighted by molar-refractivity contribution is 6.33. The van der Waals surface area contributed by atoms with Gasteiger partial charge in [0, 0.05) is 24.5 Å². The van der Waals surface area contributed by atoms with Crippen molar-refractivity contribution in [2.75, 3.05) is 18.0 Å². The number of amides is 1. The number of hydrogen-bond donors (Lipinski definition) is 1. The summed E-state index contributed by atoms with van der Waals surface area (Å²) in [7, 11) is 1.60. The molecule has 2 aromatic carbocycles. The number of rotatable bonds is 4. The molecular formula is C23H21Cl2F3N4O. The number of nitrogens with zero attached hydrogens (tertiary/aromatic N) is 3. The molecule has 0 spiro atoms. The highest BCUT2D eigenvalue weighted by Crippen LogP contribution is 2.38. The molecule has 2 atom stereocenters. The minimum Gasteiger partial charge on any atom is -0.315 e. The van der Waals surface area contributed by atoms with Gasteiger partial charge in [0.1, 0.15) is 5.02 Å². The van der Waals surface area contributed by atoms with Gasteiger partial charge < -0.3 is 5.32 Å². The van der Waals surface area contributed by atoms with E-state index in [0.717, 1.165) is 11.6 Å². The molecule has 1 saturated heterocycles. The lowest BCUT2D eigenvalue weighted by Crippen LogP contribution is -2.53. The van der Waals surface area contributed by atoms with Crippen LogP contribution in [0.5, 0.6) is 0 Å². The number of aryl methyl sites for hydroxylation is 1. The normalized spacial score (nSPS) is 18.8. The van der Waals surface area contributed by atoms with E-state index in [2.05, 4.69) is 10.4 Å². The van der Waals surface area contributed by atoms with E-state index in [1.54, 1.807) is 19.2 Å². The van der Waals surface area contributed by atoms with E-state index >= 15 is 0 Å². The van der Waals surface area contributed by atoms with Crippen LogP contribution in [0.1, 0.15) is 33.8 Å². The van der Waals surface area contributed by atoms with Gasteiger partial charge in [0.05, 0.1) is 23.4 Å². The van der Waals surface area contributed by atoms with E-state index in [1.807, 2.05) is 12.1 Å². The Hall–Kier alpha value is -2.55. The molecule has 174 valence electrons. The maximum Gasteiger partial charge on any atom is 0.417 e. The molecule has 0 radical (unpaired) electrons. The molecule has 1 aliphatic rings. The summed E-state index contributed by atoms with van der Waals surface area (Å²) in [5, 5.41) is 8.13. The lowest BCUT2D eigenvalue weighted by Gasteiger charge is -2.40. The van der Waals surface area contributed by atoms with Crippen molar-refractivity contribution in [3.63, 3.8) is 0 Å². The first-order chi connectivity index (χ1) is 15.7. The average molecular weight is 497 g/mol. The molecule has 3 aromatic rings. The largest absolute Gasteiger partial charge is 0.417 e. The van der Waals surface area contributed by atoms with Crippen molar-refractivity contribution in [2.24, 2.45) is 7.05 Å². The Morgan fingerprint density at radius 1 is 1.15 bits per heavy atom. The van der Waals surface area contributed by atoms with Gasteiger partial charge in [-0.1, -0.05) is 47.5 Å². The van der Waals surface area contributed by atoms with Gasteiger partial charge in [-0.15, -0.1) is 0 Å². The molecule has 1 aliphatic heterocycles. The third-order valence-corrected chi connectivity index (χ3v) is 6.37. The third-order valence-electron chi connectivity index (χ3n) is 5.85. The summed E-state index contributed by atoms with van der Waals surface area (Å²) < 4.78 is 42.7. The fraction of sp³-hybridized carbons (Fsp3) is 0.304. The first-order valence-corrected chi connectivity index (χ1v) is 11.1. The average Bonchev–Trinajstić information content (AvgIpc) is 3.12. The van der Waals surface area contributed by atoms with E-state index in [0.29, 0.717) is 24.5 Å². The molecule has 4 rings (SSSR count). The fourth-order valence-corrected chi connectivity index (χ4v) is 4.72.